The molecule has 1 fully saturated rings. The highest BCUT2D eigenvalue weighted by atomic mass is 16.5. The van der Waals surface area contributed by atoms with Crippen LogP contribution in [0.2, 0.25) is 0 Å². The van der Waals surface area contributed by atoms with Crippen LogP contribution in [0.15, 0.2) is 12.3 Å². The molecule has 15 heavy (non-hydrogen) atoms. The molecule has 3 heteroatoms. The van der Waals surface area contributed by atoms with Crippen molar-refractivity contribution in [1.29, 1.82) is 0 Å². The van der Waals surface area contributed by atoms with E-state index in [2.05, 4.69) is 11.1 Å². The fourth-order valence-corrected chi connectivity index (χ4v) is 1.47. The van der Waals surface area contributed by atoms with Crippen LogP contribution in [-0.4, -0.2) is 11.6 Å². The number of pyridine rings is 1. The van der Waals surface area contributed by atoms with Crippen molar-refractivity contribution < 1.29 is 4.74 Å². The molecule has 1 aliphatic carbocycles. The van der Waals surface area contributed by atoms with E-state index in [0.717, 1.165) is 29.5 Å². The van der Waals surface area contributed by atoms with Crippen LogP contribution in [0, 0.1) is 12.8 Å². The van der Waals surface area contributed by atoms with Crippen molar-refractivity contribution in [1.82, 2.24) is 4.98 Å². The number of hydrogen-bond donors (Lipinski definition) is 1. The molecule has 0 saturated heterocycles. The maximum absolute atomic E-state index is 5.78. The largest absolute Gasteiger partial charge is 0.477 e. The third-order valence-electron chi connectivity index (χ3n) is 2.73. The zero-order valence-corrected chi connectivity index (χ0v) is 9.36. The second-order valence-electron chi connectivity index (χ2n) is 4.43. The van der Waals surface area contributed by atoms with E-state index in [0.29, 0.717) is 0 Å². The average molecular weight is 206 g/mol. The predicted molar refractivity (Wildman–Crippen MR) is 59.8 cm³/mol. The van der Waals surface area contributed by atoms with Gasteiger partial charge in [0, 0.05) is 17.8 Å². The van der Waals surface area contributed by atoms with E-state index in [-0.39, 0.29) is 6.04 Å². The summed E-state index contributed by atoms with van der Waals surface area (Å²) in [7, 11) is 0. The van der Waals surface area contributed by atoms with Crippen molar-refractivity contribution >= 4 is 0 Å². The first kappa shape index (κ1) is 10.4. The molecule has 1 saturated carbocycles. The van der Waals surface area contributed by atoms with Crippen LogP contribution in [0.25, 0.3) is 0 Å². The number of aromatic nitrogens is 1. The minimum atomic E-state index is 0.0358. The van der Waals surface area contributed by atoms with Crippen LogP contribution in [0.5, 0.6) is 5.88 Å². The monoisotopic (exact) mass is 206 g/mol. The van der Waals surface area contributed by atoms with Crippen LogP contribution in [0.1, 0.15) is 36.9 Å². The molecular weight excluding hydrogens is 188 g/mol. The summed E-state index contributed by atoms with van der Waals surface area (Å²) in [5, 5.41) is 0. The van der Waals surface area contributed by atoms with Gasteiger partial charge in [-0.05, 0) is 44.2 Å². The molecule has 0 amide bonds. The van der Waals surface area contributed by atoms with Crippen LogP contribution in [0.4, 0.5) is 0 Å². The summed E-state index contributed by atoms with van der Waals surface area (Å²) < 4.78 is 5.64. The minimum Gasteiger partial charge on any atom is -0.477 e. The van der Waals surface area contributed by atoms with Crippen molar-refractivity contribution in [3.63, 3.8) is 0 Å². The molecule has 1 atom stereocenters. The summed E-state index contributed by atoms with van der Waals surface area (Å²) in [6.07, 6.45) is 4.41. The summed E-state index contributed by atoms with van der Waals surface area (Å²) in [6.45, 7) is 4.79. The first-order valence-electron chi connectivity index (χ1n) is 5.51. The topological polar surface area (TPSA) is 48.1 Å². The molecule has 1 aliphatic rings. The van der Waals surface area contributed by atoms with Gasteiger partial charge in [-0.25, -0.2) is 4.98 Å². The second-order valence-corrected chi connectivity index (χ2v) is 4.43. The van der Waals surface area contributed by atoms with E-state index >= 15 is 0 Å². The Morgan fingerprint density at radius 3 is 2.87 bits per heavy atom. The number of hydrogen-bond acceptors (Lipinski definition) is 3. The molecule has 0 bridgehead atoms. The molecule has 0 radical (unpaired) electrons. The SMILES string of the molecule is Cc1cc(C(C)N)cnc1OCC1CC1. The maximum atomic E-state index is 5.78. The second kappa shape index (κ2) is 4.19. The van der Waals surface area contributed by atoms with Crippen LogP contribution < -0.4 is 10.5 Å². The molecule has 2 rings (SSSR count). The molecule has 2 N–H and O–H groups in total. The lowest BCUT2D eigenvalue weighted by Crippen LogP contribution is -2.07. The van der Waals surface area contributed by atoms with E-state index in [1.807, 2.05) is 13.8 Å². The normalized spacial score (nSPS) is 17.5. The Hall–Kier alpha value is -1.09. The Balaban J connectivity index is 2.04. The average Bonchev–Trinajstić information content (AvgIpc) is 2.99. The molecule has 82 valence electrons. The number of nitrogens with zero attached hydrogens (tertiary/aromatic N) is 1. The smallest absolute Gasteiger partial charge is 0.216 e. The quantitative estimate of drug-likeness (QED) is 0.821. The zero-order valence-electron chi connectivity index (χ0n) is 9.36. The van der Waals surface area contributed by atoms with Gasteiger partial charge in [-0.15, -0.1) is 0 Å². The Bertz CT molecular complexity index is 345. The first-order chi connectivity index (χ1) is 7.16. The van der Waals surface area contributed by atoms with E-state index in [1.165, 1.54) is 12.8 Å². The molecule has 1 heterocycles. The van der Waals surface area contributed by atoms with Gasteiger partial charge in [-0.1, -0.05) is 0 Å². The zero-order chi connectivity index (χ0) is 10.8. The van der Waals surface area contributed by atoms with Crippen molar-refractivity contribution in [2.24, 2.45) is 11.7 Å². The molecule has 3 nitrogen and oxygen atoms in total. The minimum absolute atomic E-state index is 0.0358. The molecule has 0 spiro atoms. The van der Waals surface area contributed by atoms with E-state index < -0.39 is 0 Å². The summed E-state index contributed by atoms with van der Waals surface area (Å²) in [5.74, 6) is 1.52. The molecule has 1 unspecified atom stereocenters. The standard InChI is InChI=1S/C12H18N2O/c1-8-5-11(9(2)13)6-14-12(8)15-7-10-3-4-10/h5-6,9-10H,3-4,7,13H2,1-2H3. The lowest BCUT2D eigenvalue weighted by Gasteiger charge is -2.10. The van der Waals surface area contributed by atoms with Gasteiger partial charge >= 0.3 is 0 Å². The Labute approximate surface area is 90.7 Å². The molecular formula is C12H18N2O. The van der Waals surface area contributed by atoms with Crippen molar-refractivity contribution in [2.75, 3.05) is 6.61 Å². The van der Waals surface area contributed by atoms with Gasteiger partial charge in [0.05, 0.1) is 6.61 Å². The number of nitrogens with two attached hydrogens (primary N) is 1. The van der Waals surface area contributed by atoms with Gasteiger partial charge in [0.15, 0.2) is 0 Å². The molecule has 0 aromatic carbocycles. The molecule has 0 aliphatic heterocycles. The first-order valence-corrected chi connectivity index (χ1v) is 5.51. The Kier molecular flexibility index (Phi) is 2.91. The number of aryl methyl sites for hydroxylation is 1. The summed E-state index contributed by atoms with van der Waals surface area (Å²) >= 11 is 0. The van der Waals surface area contributed by atoms with Gasteiger partial charge in [0.1, 0.15) is 0 Å². The highest BCUT2D eigenvalue weighted by molar-refractivity contribution is 5.29. The van der Waals surface area contributed by atoms with E-state index in [4.69, 9.17) is 10.5 Å². The van der Waals surface area contributed by atoms with Crippen LogP contribution in [-0.2, 0) is 0 Å². The van der Waals surface area contributed by atoms with E-state index in [1.54, 1.807) is 6.20 Å². The third kappa shape index (κ3) is 2.69. The van der Waals surface area contributed by atoms with Gasteiger partial charge in [0.25, 0.3) is 0 Å². The summed E-state index contributed by atoms with van der Waals surface area (Å²) in [4.78, 5) is 4.30. The summed E-state index contributed by atoms with van der Waals surface area (Å²) in [5.41, 5.74) is 7.92. The summed E-state index contributed by atoms with van der Waals surface area (Å²) in [6, 6.07) is 2.09. The van der Waals surface area contributed by atoms with E-state index in [9.17, 15) is 0 Å². The number of rotatable bonds is 4. The van der Waals surface area contributed by atoms with Crippen molar-refractivity contribution in [2.45, 2.75) is 32.7 Å². The maximum Gasteiger partial charge on any atom is 0.216 e. The fraction of sp³-hybridized carbons (Fsp3) is 0.583. The van der Waals surface area contributed by atoms with Crippen LogP contribution >= 0.6 is 0 Å². The van der Waals surface area contributed by atoms with Crippen molar-refractivity contribution in [3.8, 4) is 5.88 Å². The fourth-order valence-electron chi connectivity index (χ4n) is 1.47. The number of ether oxygens (including phenoxy) is 1. The third-order valence-corrected chi connectivity index (χ3v) is 2.73. The predicted octanol–water partition coefficient (Wildman–Crippen LogP) is 2.20. The highest BCUT2D eigenvalue weighted by Crippen LogP contribution is 2.29. The van der Waals surface area contributed by atoms with Crippen LogP contribution in [0.3, 0.4) is 0 Å². The highest BCUT2D eigenvalue weighted by Gasteiger charge is 2.22. The molecule has 1 aromatic rings. The van der Waals surface area contributed by atoms with Crippen molar-refractivity contribution in [3.05, 3.63) is 23.4 Å². The van der Waals surface area contributed by atoms with Gasteiger partial charge in [-0.3, -0.25) is 0 Å². The van der Waals surface area contributed by atoms with Gasteiger partial charge in [0.2, 0.25) is 5.88 Å². The Morgan fingerprint density at radius 2 is 2.33 bits per heavy atom. The van der Waals surface area contributed by atoms with Gasteiger partial charge in [-0.2, -0.15) is 0 Å². The lowest BCUT2D eigenvalue weighted by molar-refractivity contribution is 0.286. The Morgan fingerprint density at radius 1 is 1.60 bits per heavy atom. The van der Waals surface area contributed by atoms with Gasteiger partial charge < -0.3 is 10.5 Å². The lowest BCUT2D eigenvalue weighted by atomic mass is 10.1. The molecule has 1 aromatic heterocycles.